The Labute approximate surface area is 81.2 Å². The van der Waals surface area contributed by atoms with Crippen LogP contribution in [-0.2, 0) is 4.84 Å². The maximum Gasteiger partial charge on any atom is 0.159 e. The molecule has 1 aromatic rings. The fourth-order valence-electron chi connectivity index (χ4n) is 0.935. The Kier molecular flexibility index (Phi) is 3.56. The summed E-state index contributed by atoms with van der Waals surface area (Å²) in [6.45, 7) is 3.91. The molecular weight excluding hydrogens is 188 g/mol. The maximum absolute atomic E-state index is 12.8. The molecule has 1 rings (SSSR count). The molecule has 0 bridgehead atoms. The average Bonchev–Trinajstić information content (AvgIpc) is 2.18. The van der Waals surface area contributed by atoms with Crippen molar-refractivity contribution in [1.29, 1.82) is 0 Å². The van der Waals surface area contributed by atoms with Gasteiger partial charge in [0.15, 0.2) is 11.6 Å². The van der Waals surface area contributed by atoms with Gasteiger partial charge in [-0.15, -0.1) is 0 Å². The van der Waals surface area contributed by atoms with Crippen molar-refractivity contribution in [1.82, 2.24) is 0 Å². The molecule has 4 heteroatoms. The summed E-state index contributed by atoms with van der Waals surface area (Å²) in [5, 5.41) is 3.71. The molecule has 0 heterocycles. The van der Waals surface area contributed by atoms with Gasteiger partial charge in [0.2, 0.25) is 0 Å². The van der Waals surface area contributed by atoms with Gasteiger partial charge in [0.25, 0.3) is 0 Å². The highest BCUT2D eigenvalue weighted by Crippen LogP contribution is 2.09. The Bertz CT molecular complexity index is 350. The van der Waals surface area contributed by atoms with Gasteiger partial charge in [0, 0.05) is 5.56 Å². The first kappa shape index (κ1) is 10.6. The number of rotatable bonds is 3. The molecule has 0 fully saturated rings. The van der Waals surface area contributed by atoms with Crippen LogP contribution < -0.4 is 0 Å². The molecule has 0 atom stereocenters. The van der Waals surface area contributed by atoms with Crippen LogP contribution in [0.4, 0.5) is 8.78 Å². The summed E-state index contributed by atoms with van der Waals surface area (Å²) in [6.07, 6.45) is 0. The van der Waals surface area contributed by atoms with Gasteiger partial charge in [-0.2, -0.15) is 0 Å². The van der Waals surface area contributed by atoms with Crippen LogP contribution in [0.25, 0.3) is 0 Å². The number of halogens is 2. The second-order valence-electron chi connectivity index (χ2n) is 2.72. The highest BCUT2D eigenvalue weighted by molar-refractivity contribution is 5.98. The summed E-state index contributed by atoms with van der Waals surface area (Å²) in [4.78, 5) is 4.79. The van der Waals surface area contributed by atoms with E-state index in [4.69, 9.17) is 4.84 Å². The number of hydrogen-bond donors (Lipinski definition) is 0. The molecule has 0 radical (unpaired) electrons. The lowest BCUT2D eigenvalue weighted by Crippen LogP contribution is -1.98. The minimum Gasteiger partial charge on any atom is -0.396 e. The van der Waals surface area contributed by atoms with Crippen LogP contribution in [0.2, 0.25) is 0 Å². The zero-order valence-corrected chi connectivity index (χ0v) is 8.05. The lowest BCUT2D eigenvalue weighted by atomic mass is 10.1. The third-order valence-electron chi connectivity index (χ3n) is 1.67. The topological polar surface area (TPSA) is 21.6 Å². The molecule has 76 valence electrons. The summed E-state index contributed by atoms with van der Waals surface area (Å²) in [6, 6.07) is 3.61. The van der Waals surface area contributed by atoms with Gasteiger partial charge in [0.05, 0.1) is 5.71 Å². The zero-order valence-electron chi connectivity index (χ0n) is 8.05. The molecule has 0 N–H and O–H groups in total. The third-order valence-corrected chi connectivity index (χ3v) is 1.67. The largest absolute Gasteiger partial charge is 0.396 e. The van der Waals surface area contributed by atoms with Crippen LogP contribution in [0, 0.1) is 11.6 Å². The van der Waals surface area contributed by atoms with Crippen LogP contribution in [0.1, 0.15) is 19.4 Å². The molecule has 0 aromatic heterocycles. The number of hydrogen-bond acceptors (Lipinski definition) is 2. The Balaban J connectivity index is 2.91. The molecule has 0 spiro atoms. The molecule has 0 saturated carbocycles. The smallest absolute Gasteiger partial charge is 0.159 e. The van der Waals surface area contributed by atoms with E-state index in [1.54, 1.807) is 13.8 Å². The fraction of sp³-hybridized carbons (Fsp3) is 0.300. The van der Waals surface area contributed by atoms with Gasteiger partial charge >= 0.3 is 0 Å². The summed E-state index contributed by atoms with van der Waals surface area (Å²) in [5.74, 6) is -1.74. The monoisotopic (exact) mass is 199 g/mol. The highest BCUT2D eigenvalue weighted by atomic mass is 19.2. The molecule has 2 nitrogen and oxygen atoms in total. The van der Waals surface area contributed by atoms with Gasteiger partial charge in [-0.25, -0.2) is 8.78 Å². The molecule has 14 heavy (non-hydrogen) atoms. The number of nitrogens with zero attached hydrogens (tertiary/aromatic N) is 1. The van der Waals surface area contributed by atoms with E-state index in [2.05, 4.69) is 5.16 Å². The van der Waals surface area contributed by atoms with Crippen molar-refractivity contribution < 1.29 is 13.6 Å². The lowest BCUT2D eigenvalue weighted by molar-refractivity contribution is 0.159. The summed E-state index contributed by atoms with van der Waals surface area (Å²) >= 11 is 0. The number of oxime groups is 1. The predicted octanol–water partition coefficient (Wildman–Crippen LogP) is 2.73. The number of benzene rings is 1. The van der Waals surface area contributed by atoms with Crippen LogP contribution >= 0.6 is 0 Å². The third kappa shape index (κ3) is 2.52. The first-order chi connectivity index (χ1) is 6.65. The van der Waals surface area contributed by atoms with Crippen LogP contribution in [0.3, 0.4) is 0 Å². The minimum absolute atomic E-state index is 0.445. The van der Waals surface area contributed by atoms with E-state index in [1.165, 1.54) is 6.07 Å². The van der Waals surface area contributed by atoms with Gasteiger partial charge in [0.1, 0.15) is 6.61 Å². The van der Waals surface area contributed by atoms with Crippen LogP contribution in [0.5, 0.6) is 0 Å². The summed E-state index contributed by atoms with van der Waals surface area (Å²) in [7, 11) is 0. The van der Waals surface area contributed by atoms with Gasteiger partial charge in [-0.1, -0.05) is 5.16 Å². The SMILES string of the molecule is CCON=C(C)c1ccc(F)c(F)c1. The van der Waals surface area contributed by atoms with E-state index < -0.39 is 11.6 Å². The second-order valence-corrected chi connectivity index (χ2v) is 2.72. The summed E-state index contributed by atoms with van der Waals surface area (Å²) < 4.78 is 25.4. The van der Waals surface area contributed by atoms with Gasteiger partial charge in [-0.05, 0) is 32.0 Å². The van der Waals surface area contributed by atoms with Crippen molar-refractivity contribution in [2.24, 2.45) is 5.16 Å². The van der Waals surface area contributed by atoms with Crippen molar-refractivity contribution in [3.63, 3.8) is 0 Å². The van der Waals surface area contributed by atoms with Gasteiger partial charge < -0.3 is 4.84 Å². The highest BCUT2D eigenvalue weighted by Gasteiger charge is 2.04. The van der Waals surface area contributed by atoms with Crippen LogP contribution in [-0.4, -0.2) is 12.3 Å². The molecule has 0 amide bonds. The maximum atomic E-state index is 12.8. The van der Waals surface area contributed by atoms with Crippen molar-refractivity contribution >= 4 is 5.71 Å². The normalized spacial score (nSPS) is 11.6. The zero-order chi connectivity index (χ0) is 10.6. The average molecular weight is 199 g/mol. The van der Waals surface area contributed by atoms with Crippen molar-refractivity contribution in [3.8, 4) is 0 Å². The molecule has 0 aliphatic rings. The Morgan fingerprint density at radius 1 is 1.36 bits per heavy atom. The van der Waals surface area contributed by atoms with Crippen molar-refractivity contribution in [2.75, 3.05) is 6.61 Å². The van der Waals surface area contributed by atoms with E-state index in [0.717, 1.165) is 12.1 Å². The predicted molar refractivity (Wildman–Crippen MR) is 50.2 cm³/mol. The quantitative estimate of drug-likeness (QED) is 0.541. The van der Waals surface area contributed by atoms with E-state index in [-0.39, 0.29) is 0 Å². The first-order valence-electron chi connectivity index (χ1n) is 4.27. The van der Waals surface area contributed by atoms with E-state index in [0.29, 0.717) is 17.9 Å². The molecular formula is C10H11F2NO. The first-order valence-corrected chi connectivity index (χ1v) is 4.27. The van der Waals surface area contributed by atoms with E-state index >= 15 is 0 Å². The Morgan fingerprint density at radius 3 is 2.64 bits per heavy atom. The van der Waals surface area contributed by atoms with Gasteiger partial charge in [-0.3, -0.25) is 0 Å². The molecule has 0 unspecified atom stereocenters. The lowest BCUT2D eigenvalue weighted by Gasteiger charge is -2.01. The Hall–Kier alpha value is -1.45. The van der Waals surface area contributed by atoms with E-state index in [9.17, 15) is 8.78 Å². The second kappa shape index (κ2) is 4.69. The molecule has 0 aliphatic heterocycles. The fourth-order valence-corrected chi connectivity index (χ4v) is 0.935. The molecule has 1 aromatic carbocycles. The van der Waals surface area contributed by atoms with Crippen LogP contribution in [0.15, 0.2) is 23.4 Å². The summed E-state index contributed by atoms with van der Waals surface area (Å²) in [5.41, 5.74) is 1.03. The molecule has 0 aliphatic carbocycles. The molecule has 0 saturated heterocycles. The van der Waals surface area contributed by atoms with E-state index in [1.807, 2.05) is 0 Å². The minimum atomic E-state index is -0.881. The van der Waals surface area contributed by atoms with Crippen molar-refractivity contribution in [2.45, 2.75) is 13.8 Å². The van der Waals surface area contributed by atoms with Crippen molar-refractivity contribution in [3.05, 3.63) is 35.4 Å². The standard InChI is InChI=1S/C10H11F2NO/c1-3-14-13-7(2)8-4-5-9(11)10(12)6-8/h4-6H,3H2,1-2H3. The Morgan fingerprint density at radius 2 is 2.07 bits per heavy atom.